The number of methoxy groups -OCH3 is 3. The lowest BCUT2D eigenvalue weighted by Gasteiger charge is -2.19. The highest BCUT2D eigenvalue weighted by Crippen LogP contribution is 2.50. The molecule has 3 N–H and O–H groups in total. The molecule has 2 unspecified atom stereocenters. The molecule has 2 atom stereocenters. The maximum absolute atomic E-state index is 13.6. The predicted octanol–water partition coefficient (Wildman–Crippen LogP) is 4.71. The van der Waals surface area contributed by atoms with Crippen molar-refractivity contribution in [3.8, 4) is 28.4 Å². The number of pyridine rings is 1. The SMILES string of the molecule is COc1cc2c(c(OC)c1OC)-c1ccc(NCCCC(=O)NC(CCSC)c3nnc4ccccn34)c(=O)cc1C(NC(C)=O)CC2. The van der Waals surface area contributed by atoms with E-state index < -0.39 is 6.04 Å². The number of carbonyl (C=O) groups is 2. The lowest BCUT2D eigenvalue weighted by atomic mass is 9.95. The van der Waals surface area contributed by atoms with E-state index in [1.807, 2.05) is 47.2 Å². The van der Waals surface area contributed by atoms with Crippen molar-refractivity contribution in [2.75, 3.05) is 45.2 Å². The Morgan fingerprint density at radius 2 is 1.88 bits per heavy atom. The summed E-state index contributed by atoms with van der Waals surface area (Å²) >= 11 is 1.71. The van der Waals surface area contributed by atoms with Crippen molar-refractivity contribution in [3.63, 3.8) is 0 Å². The van der Waals surface area contributed by atoms with E-state index in [4.69, 9.17) is 14.2 Å². The first-order valence-electron chi connectivity index (χ1n) is 15.9. The molecule has 0 fully saturated rings. The normalized spacial score (nSPS) is 14.2. The summed E-state index contributed by atoms with van der Waals surface area (Å²) < 4.78 is 19.0. The van der Waals surface area contributed by atoms with Crippen LogP contribution in [-0.2, 0) is 16.0 Å². The standard InChI is InChI=1S/C35H42N6O6S/c1-21(42)37-25-13-11-22-19-29(45-2)33(46-3)34(47-4)32(22)23-12-14-26(28(43)20-24(23)25)36-16-8-10-31(44)38-27(15-18-48-5)35-40-39-30-9-6-7-17-41(30)35/h6-7,9,12,14,17,19-20,25,27H,8,10-11,13,15-16,18H2,1-5H3,(H,36,43)(H,37,42)(H,38,44). The third kappa shape index (κ3) is 7.51. The van der Waals surface area contributed by atoms with E-state index >= 15 is 0 Å². The van der Waals surface area contributed by atoms with Gasteiger partial charge in [0.2, 0.25) is 23.0 Å². The zero-order valence-corrected chi connectivity index (χ0v) is 28.7. The second-order valence-corrected chi connectivity index (χ2v) is 12.5. The summed E-state index contributed by atoms with van der Waals surface area (Å²) in [5, 5.41) is 18.0. The van der Waals surface area contributed by atoms with Crippen molar-refractivity contribution < 1.29 is 23.8 Å². The molecule has 0 aliphatic heterocycles. The van der Waals surface area contributed by atoms with Crippen molar-refractivity contribution in [1.82, 2.24) is 25.2 Å². The number of aryl methyl sites for hydroxylation is 1. The van der Waals surface area contributed by atoms with Crippen LogP contribution in [0, 0.1) is 0 Å². The average Bonchev–Trinajstić information content (AvgIpc) is 3.38. The Hall–Kier alpha value is -4.78. The molecule has 2 heterocycles. The van der Waals surface area contributed by atoms with E-state index in [2.05, 4.69) is 26.1 Å². The molecule has 4 aromatic rings. The molecule has 13 heteroatoms. The van der Waals surface area contributed by atoms with E-state index in [-0.39, 0.29) is 29.7 Å². The molecule has 2 aromatic heterocycles. The second-order valence-electron chi connectivity index (χ2n) is 11.5. The van der Waals surface area contributed by atoms with Crippen LogP contribution < -0.4 is 35.6 Å². The highest BCUT2D eigenvalue weighted by atomic mass is 32.2. The number of fused-ring (bicyclic) bond motifs is 4. The highest BCUT2D eigenvalue weighted by Gasteiger charge is 2.29. The second kappa shape index (κ2) is 15.9. The van der Waals surface area contributed by atoms with Gasteiger partial charge in [-0.2, -0.15) is 11.8 Å². The third-order valence-electron chi connectivity index (χ3n) is 8.41. The van der Waals surface area contributed by atoms with Gasteiger partial charge in [0.15, 0.2) is 23.0 Å². The summed E-state index contributed by atoms with van der Waals surface area (Å²) in [7, 11) is 4.69. The van der Waals surface area contributed by atoms with Crippen LogP contribution in [0.1, 0.15) is 61.6 Å². The third-order valence-corrected chi connectivity index (χ3v) is 9.05. The molecule has 2 amide bonds. The van der Waals surface area contributed by atoms with Crippen molar-refractivity contribution in [1.29, 1.82) is 0 Å². The number of anilines is 1. The van der Waals surface area contributed by atoms with Gasteiger partial charge in [0.25, 0.3) is 0 Å². The Bertz CT molecular complexity index is 1850. The van der Waals surface area contributed by atoms with Gasteiger partial charge in [-0.1, -0.05) is 12.1 Å². The van der Waals surface area contributed by atoms with Gasteiger partial charge in [0, 0.05) is 31.6 Å². The molecule has 1 aliphatic carbocycles. The van der Waals surface area contributed by atoms with Crippen LogP contribution in [0.3, 0.4) is 0 Å². The predicted molar refractivity (Wildman–Crippen MR) is 187 cm³/mol. The smallest absolute Gasteiger partial charge is 0.220 e. The van der Waals surface area contributed by atoms with Crippen LogP contribution in [0.15, 0.2) is 53.5 Å². The first kappa shape index (κ1) is 34.6. The first-order chi connectivity index (χ1) is 23.3. The molecular weight excluding hydrogens is 632 g/mol. The Morgan fingerprint density at radius 1 is 1.06 bits per heavy atom. The van der Waals surface area contributed by atoms with Crippen LogP contribution in [0.25, 0.3) is 16.8 Å². The van der Waals surface area contributed by atoms with Crippen molar-refractivity contribution in [2.24, 2.45) is 0 Å². The van der Waals surface area contributed by atoms with Crippen molar-refractivity contribution in [3.05, 3.63) is 75.8 Å². The van der Waals surface area contributed by atoms with Crippen LogP contribution >= 0.6 is 11.8 Å². The van der Waals surface area contributed by atoms with Gasteiger partial charge in [-0.05, 0) is 84.7 Å². The number of nitrogens with zero attached hydrogens (tertiary/aromatic N) is 3. The van der Waals surface area contributed by atoms with Gasteiger partial charge in [-0.3, -0.25) is 18.8 Å². The van der Waals surface area contributed by atoms with E-state index in [1.165, 1.54) is 6.92 Å². The highest BCUT2D eigenvalue weighted by molar-refractivity contribution is 7.98. The van der Waals surface area contributed by atoms with Gasteiger partial charge in [-0.25, -0.2) is 0 Å². The molecule has 0 saturated carbocycles. The van der Waals surface area contributed by atoms with Gasteiger partial charge < -0.3 is 30.2 Å². The van der Waals surface area contributed by atoms with Gasteiger partial charge >= 0.3 is 0 Å². The van der Waals surface area contributed by atoms with Crippen molar-refractivity contribution in [2.45, 2.75) is 51.1 Å². The molecule has 0 radical (unpaired) electrons. The topological polar surface area (TPSA) is 145 Å². The minimum absolute atomic E-state index is 0.102. The molecule has 5 rings (SSSR count). The number of ether oxygens (including phenoxy) is 3. The molecule has 0 bridgehead atoms. The number of thioether (sulfide) groups is 1. The molecule has 0 spiro atoms. The van der Waals surface area contributed by atoms with E-state index in [9.17, 15) is 14.4 Å². The number of hydrogen-bond acceptors (Lipinski definition) is 10. The lowest BCUT2D eigenvalue weighted by Crippen LogP contribution is -2.30. The molecule has 48 heavy (non-hydrogen) atoms. The van der Waals surface area contributed by atoms with Gasteiger partial charge in [0.05, 0.1) is 39.1 Å². The minimum atomic E-state index is -0.398. The number of rotatable bonds is 14. The first-order valence-corrected chi connectivity index (χ1v) is 17.3. The van der Waals surface area contributed by atoms with E-state index in [1.54, 1.807) is 45.2 Å². The quantitative estimate of drug-likeness (QED) is 0.161. The number of hydrogen-bond donors (Lipinski definition) is 3. The largest absolute Gasteiger partial charge is 0.493 e. The summed E-state index contributed by atoms with van der Waals surface area (Å²) in [6.45, 7) is 1.87. The fourth-order valence-electron chi connectivity index (χ4n) is 6.19. The summed E-state index contributed by atoms with van der Waals surface area (Å²) in [4.78, 5) is 38.9. The Kier molecular flexibility index (Phi) is 11.4. The molecular formula is C35H42N6O6S. The molecule has 0 saturated heterocycles. The zero-order chi connectivity index (χ0) is 34.2. The van der Waals surface area contributed by atoms with Crippen LogP contribution in [0.2, 0.25) is 0 Å². The maximum Gasteiger partial charge on any atom is 0.220 e. The van der Waals surface area contributed by atoms with Gasteiger partial charge in [0.1, 0.15) is 0 Å². The Labute approximate surface area is 284 Å². The summed E-state index contributed by atoms with van der Waals surface area (Å²) in [5.41, 5.74) is 4.06. The molecule has 2 aromatic carbocycles. The van der Waals surface area contributed by atoms with E-state index in [0.29, 0.717) is 60.1 Å². The number of amides is 2. The summed E-state index contributed by atoms with van der Waals surface area (Å²) in [6.07, 6.45) is 6.60. The number of carbonyl (C=O) groups excluding carboxylic acids is 2. The average molecular weight is 675 g/mol. The minimum Gasteiger partial charge on any atom is -0.493 e. The van der Waals surface area contributed by atoms with Crippen LogP contribution in [-0.4, -0.2) is 66.3 Å². The lowest BCUT2D eigenvalue weighted by molar-refractivity contribution is -0.122. The zero-order valence-electron chi connectivity index (χ0n) is 27.9. The summed E-state index contributed by atoms with van der Waals surface area (Å²) in [6, 6.07) is 12.1. The van der Waals surface area contributed by atoms with Crippen LogP contribution in [0.5, 0.6) is 17.2 Å². The summed E-state index contributed by atoms with van der Waals surface area (Å²) in [5.74, 6) is 2.73. The molecule has 254 valence electrons. The molecule has 12 nitrogen and oxygen atoms in total. The molecule has 1 aliphatic rings. The van der Waals surface area contributed by atoms with E-state index in [0.717, 1.165) is 34.5 Å². The van der Waals surface area contributed by atoms with Crippen molar-refractivity contribution >= 4 is 34.9 Å². The Balaban J connectivity index is 1.35. The van der Waals surface area contributed by atoms with Crippen LogP contribution in [0.4, 0.5) is 5.69 Å². The Morgan fingerprint density at radius 3 is 2.60 bits per heavy atom. The number of benzene rings is 1. The number of aromatic nitrogens is 3. The fourth-order valence-corrected chi connectivity index (χ4v) is 6.66. The van der Waals surface area contributed by atoms with Gasteiger partial charge in [-0.15, -0.1) is 10.2 Å². The monoisotopic (exact) mass is 674 g/mol. The maximum atomic E-state index is 13.6. The number of nitrogens with one attached hydrogen (secondary N) is 3. The fraction of sp³-hybridized carbons (Fsp3) is 0.400.